The van der Waals surface area contributed by atoms with Crippen molar-refractivity contribution < 1.29 is 19.4 Å². The third-order valence-electron chi connectivity index (χ3n) is 4.38. The molecule has 24 heavy (non-hydrogen) atoms. The monoisotopic (exact) mass is 335 g/mol. The lowest BCUT2D eigenvalue weighted by Crippen LogP contribution is -2.58. The van der Waals surface area contributed by atoms with E-state index in [9.17, 15) is 14.3 Å². The number of guanidine groups is 2. The number of carboxylic acid groups (broad SMARTS) is 1. The highest BCUT2D eigenvalue weighted by molar-refractivity contribution is 6.07. The van der Waals surface area contributed by atoms with Crippen LogP contribution in [0.25, 0.3) is 0 Å². The van der Waals surface area contributed by atoms with Gasteiger partial charge in [-0.25, -0.2) is 14.2 Å². The van der Waals surface area contributed by atoms with Gasteiger partial charge in [-0.2, -0.15) is 4.99 Å². The van der Waals surface area contributed by atoms with Gasteiger partial charge in [-0.3, -0.25) is 4.90 Å². The summed E-state index contributed by atoms with van der Waals surface area (Å²) in [5.74, 6) is -3.10. The van der Waals surface area contributed by atoms with Crippen LogP contribution in [0.3, 0.4) is 0 Å². The first-order valence-corrected chi connectivity index (χ1v) is 7.59. The molecular formula is C15H18FN5O3. The van der Waals surface area contributed by atoms with Crippen LogP contribution in [0.1, 0.15) is 42.5 Å². The standard InChI is InChI=1S/C15H18FN5O3/c16-9-6-8(12(23)24)7-10(11(9)22)21-14(18)19-13(17)20-15(21)4-2-1-3-5-15/h6-7,22H,1-5H2,(H,23,24)(H4,17,18,19,20). The number of aromatic carboxylic acids is 1. The van der Waals surface area contributed by atoms with Gasteiger partial charge in [0.25, 0.3) is 0 Å². The number of rotatable bonds is 2. The molecule has 0 bridgehead atoms. The van der Waals surface area contributed by atoms with Crippen LogP contribution >= 0.6 is 0 Å². The Kier molecular flexibility index (Phi) is 3.78. The molecule has 0 radical (unpaired) electrons. The number of phenolic OH excluding ortho intramolecular Hbond substituents is 1. The maximum Gasteiger partial charge on any atom is 0.335 e. The van der Waals surface area contributed by atoms with E-state index in [0.717, 1.165) is 31.4 Å². The van der Waals surface area contributed by atoms with Crippen molar-refractivity contribution in [2.75, 3.05) is 4.90 Å². The third kappa shape index (κ3) is 2.51. The molecule has 1 heterocycles. The Hall–Kier alpha value is -2.84. The number of benzene rings is 1. The fourth-order valence-electron chi connectivity index (χ4n) is 3.35. The van der Waals surface area contributed by atoms with Crippen LogP contribution in [0.15, 0.2) is 22.1 Å². The molecule has 0 unspecified atom stereocenters. The van der Waals surface area contributed by atoms with Crippen molar-refractivity contribution in [2.45, 2.75) is 37.8 Å². The fourth-order valence-corrected chi connectivity index (χ4v) is 3.35. The summed E-state index contributed by atoms with van der Waals surface area (Å²) in [5.41, 5.74) is 10.5. The average Bonchev–Trinajstić information content (AvgIpc) is 2.51. The predicted molar refractivity (Wildman–Crippen MR) is 86.6 cm³/mol. The highest BCUT2D eigenvalue weighted by Gasteiger charge is 2.44. The van der Waals surface area contributed by atoms with Gasteiger partial charge < -0.3 is 21.7 Å². The molecule has 8 nitrogen and oxygen atoms in total. The number of phenols is 1. The Morgan fingerprint density at radius 1 is 1.25 bits per heavy atom. The second-order valence-corrected chi connectivity index (χ2v) is 5.95. The van der Waals surface area contributed by atoms with Gasteiger partial charge in [-0.1, -0.05) is 6.42 Å². The Morgan fingerprint density at radius 2 is 1.92 bits per heavy atom. The lowest BCUT2D eigenvalue weighted by atomic mass is 9.87. The fraction of sp³-hybridized carbons (Fsp3) is 0.400. The van der Waals surface area contributed by atoms with Crippen molar-refractivity contribution in [2.24, 2.45) is 21.5 Å². The van der Waals surface area contributed by atoms with Crippen molar-refractivity contribution in [1.82, 2.24) is 0 Å². The van der Waals surface area contributed by atoms with Gasteiger partial charge in [0.05, 0.1) is 11.3 Å². The van der Waals surface area contributed by atoms with Crippen LogP contribution in [-0.4, -0.2) is 33.8 Å². The summed E-state index contributed by atoms with van der Waals surface area (Å²) in [7, 11) is 0. The third-order valence-corrected chi connectivity index (χ3v) is 4.38. The number of anilines is 1. The molecule has 1 aliphatic carbocycles. The molecule has 128 valence electrons. The van der Waals surface area contributed by atoms with Gasteiger partial charge in [0.15, 0.2) is 11.6 Å². The molecule has 1 saturated carbocycles. The number of halogens is 1. The Balaban J connectivity index is 2.19. The summed E-state index contributed by atoms with van der Waals surface area (Å²) in [6, 6.07) is 1.92. The highest BCUT2D eigenvalue weighted by atomic mass is 19.1. The summed E-state index contributed by atoms with van der Waals surface area (Å²) in [6.45, 7) is 0. The Bertz CT molecular complexity index is 756. The van der Waals surface area contributed by atoms with Crippen LogP contribution in [0.5, 0.6) is 5.75 Å². The molecule has 1 aromatic rings. The first-order valence-electron chi connectivity index (χ1n) is 7.59. The molecular weight excluding hydrogens is 317 g/mol. The summed E-state index contributed by atoms with van der Waals surface area (Å²) < 4.78 is 14.0. The number of aliphatic imine (C=N–C) groups is 2. The molecule has 0 amide bonds. The van der Waals surface area contributed by atoms with Crippen LogP contribution in [0.2, 0.25) is 0 Å². The molecule has 1 aliphatic heterocycles. The highest BCUT2D eigenvalue weighted by Crippen LogP contribution is 2.43. The van der Waals surface area contributed by atoms with Gasteiger partial charge in [-0.05, 0) is 37.8 Å². The summed E-state index contributed by atoms with van der Waals surface area (Å²) in [4.78, 5) is 20.9. The van der Waals surface area contributed by atoms with E-state index in [1.165, 1.54) is 4.90 Å². The smallest absolute Gasteiger partial charge is 0.335 e. The van der Waals surface area contributed by atoms with E-state index in [1.807, 2.05) is 0 Å². The van der Waals surface area contributed by atoms with Crippen molar-refractivity contribution in [3.05, 3.63) is 23.5 Å². The number of hydrogen-bond acceptors (Lipinski definition) is 7. The second-order valence-electron chi connectivity index (χ2n) is 5.95. The molecule has 2 aliphatic rings. The minimum Gasteiger partial charge on any atom is -0.503 e. The molecule has 6 N–H and O–H groups in total. The summed E-state index contributed by atoms with van der Waals surface area (Å²) in [6.07, 6.45) is 3.88. The summed E-state index contributed by atoms with van der Waals surface area (Å²) >= 11 is 0. The first kappa shape index (κ1) is 16.0. The number of nitrogens with zero attached hydrogens (tertiary/aromatic N) is 3. The number of carboxylic acids is 1. The zero-order chi connectivity index (χ0) is 17.5. The lowest BCUT2D eigenvalue weighted by molar-refractivity contribution is 0.0696. The Morgan fingerprint density at radius 3 is 2.54 bits per heavy atom. The van der Waals surface area contributed by atoms with Gasteiger partial charge in [-0.15, -0.1) is 0 Å². The van der Waals surface area contributed by atoms with Gasteiger partial charge >= 0.3 is 5.97 Å². The van der Waals surface area contributed by atoms with E-state index in [0.29, 0.717) is 12.8 Å². The maximum atomic E-state index is 14.0. The van der Waals surface area contributed by atoms with E-state index < -0.39 is 23.2 Å². The minimum absolute atomic E-state index is 0.0139. The second kappa shape index (κ2) is 5.66. The van der Waals surface area contributed by atoms with Crippen molar-refractivity contribution >= 4 is 23.6 Å². The van der Waals surface area contributed by atoms with E-state index in [1.54, 1.807) is 0 Å². The topological polar surface area (TPSA) is 138 Å². The predicted octanol–water partition coefficient (Wildman–Crippen LogP) is 1.34. The summed E-state index contributed by atoms with van der Waals surface area (Å²) in [5, 5.41) is 19.3. The SMILES string of the molecule is NC1=NC2(CCCCC2)N(c2cc(C(=O)O)cc(F)c2O)C(N)=N1. The van der Waals surface area contributed by atoms with Gasteiger partial charge in [0.1, 0.15) is 5.66 Å². The normalized spacial score (nSPS) is 19.8. The molecule has 9 heteroatoms. The van der Waals surface area contributed by atoms with Gasteiger partial charge in [0, 0.05) is 0 Å². The van der Waals surface area contributed by atoms with E-state index >= 15 is 0 Å². The van der Waals surface area contributed by atoms with Crippen molar-refractivity contribution in [3.63, 3.8) is 0 Å². The zero-order valence-electron chi connectivity index (χ0n) is 12.9. The minimum atomic E-state index is -1.32. The number of aromatic hydroxyl groups is 1. The van der Waals surface area contributed by atoms with Crippen molar-refractivity contribution in [3.8, 4) is 5.75 Å². The van der Waals surface area contributed by atoms with E-state index in [-0.39, 0.29) is 23.2 Å². The average molecular weight is 335 g/mol. The number of hydrogen-bond donors (Lipinski definition) is 4. The molecule has 0 atom stereocenters. The molecule has 0 saturated heterocycles. The first-order chi connectivity index (χ1) is 11.3. The zero-order valence-corrected chi connectivity index (χ0v) is 12.9. The van der Waals surface area contributed by atoms with Gasteiger partial charge in [0.2, 0.25) is 11.9 Å². The van der Waals surface area contributed by atoms with Crippen LogP contribution < -0.4 is 16.4 Å². The number of nitrogens with two attached hydrogens (primary N) is 2. The van der Waals surface area contributed by atoms with Crippen molar-refractivity contribution in [1.29, 1.82) is 0 Å². The van der Waals surface area contributed by atoms with E-state index in [2.05, 4.69) is 9.98 Å². The van der Waals surface area contributed by atoms with Crippen LogP contribution in [-0.2, 0) is 0 Å². The van der Waals surface area contributed by atoms with Crippen LogP contribution in [0.4, 0.5) is 10.1 Å². The molecule has 0 aromatic heterocycles. The largest absolute Gasteiger partial charge is 0.503 e. The maximum absolute atomic E-state index is 14.0. The Labute approximate surface area is 137 Å². The number of carbonyl (C=O) groups is 1. The molecule has 1 aromatic carbocycles. The van der Waals surface area contributed by atoms with Crippen LogP contribution in [0, 0.1) is 5.82 Å². The molecule has 1 spiro atoms. The molecule has 1 fully saturated rings. The molecule has 3 rings (SSSR count). The quantitative estimate of drug-likeness (QED) is 0.643. The lowest BCUT2D eigenvalue weighted by Gasteiger charge is -2.45. The van der Waals surface area contributed by atoms with E-state index in [4.69, 9.17) is 16.6 Å².